The summed E-state index contributed by atoms with van der Waals surface area (Å²) in [5.41, 5.74) is 0.143. The molecule has 1 aromatic carbocycles. The van der Waals surface area contributed by atoms with Crippen LogP contribution in [0.4, 0.5) is 10.5 Å². The van der Waals surface area contributed by atoms with Crippen LogP contribution < -0.4 is 16.0 Å². The van der Waals surface area contributed by atoms with Gasteiger partial charge in [-0.3, -0.25) is 0 Å². The van der Waals surface area contributed by atoms with Crippen molar-refractivity contribution >= 4 is 40.9 Å². The molecule has 4 N–H and O–H groups in total. The van der Waals surface area contributed by atoms with E-state index in [1.165, 1.54) is 12.1 Å². The molecule has 0 aliphatic carbocycles. The van der Waals surface area contributed by atoms with Crippen molar-refractivity contribution in [1.29, 1.82) is 0 Å². The summed E-state index contributed by atoms with van der Waals surface area (Å²) in [7, 11) is 1.82. The molecule has 0 saturated heterocycles. The van der Waals surface area contributed by atoms with Gasteiger partial charge in [0.2, 0.25) is 0 Å². The molecule has 0 unspecified atom stereocenters. The highest BCUT2D eigenvalue weighted by Crippen LogP contribution is 2.31. The number of rotatable bonds is 6. The van der Waals surface area contributed by atoms with E-state index >= 15 is 0 Å². The van der Waals surface area contributed by atoms with Gasteiger partial charge in [0, 0.05) is 6.54 Å². The number of carboxylic acid groups (broad SMARTS) is 1. The number of carboxylic acids is 1. The van der Waals surface area contributed by atoms with Gasteiger partial charge >= 0.3 is 12.0 Å². The summed E-state index contributed by atoms with van der Waals surface area (Å²) in [4.78, 5) is 22.4. The second-order valence-corrected chi connectivity index (χ2v) is 4.77. The normalized spacial score (nSPS) is 10.2. The van der Waals surface area contributed by atoms with Crippen LogP contribution in [0.5, 0.6) is 0 Å². The lowest BCUT2D eigenvalue weighted by molar-refractivity contribution is 0.0697. The predicted molar refractivity (Wildman–Crippen MR) is 79.0 cm³/mol. The fourth-order valence-electron chi connectivity index (χ4n) is 1.44. The quantitative estimate of drug-likeness (QED) is 0.606. The van der Waals surface area contributed by atoms with Crippen molar-refractivity contribution in [3.63, 3.8) is 0 Å². The van der Waals surface area contributed by atoms with Crippen LogP contribution in [0.1, 0.15) is 16.8 Å². The Kier molecular flexibility index (Phi) is 6.57. The smallest absolute Gasteiger partial charge is 0.335 e. The Morgan fingerprint density at radius 1 is 1.20 bits per heavy atom. The summed E-state index contributed by atoms with van der Waals surface area (Å²) in [6, 6.07) is 2.01. The summed E-state index contributed by atoms with van der Waals surface area (Å²) < 4.78 is 0. The minimum atomic E-state index is -1.14. The van der Waals surface area contributed by atoms with Crippen molar-refractivity contribution in [2.75, 3.05) is 25.5 Å². The van der Waals surface area contributed by atoms with E-state index in [1.54, 1.807) is 0 Å². The third-order valence-electron chi connectivity index (χ3n) is 2.42. The highest BCUT2D eigenvalue weighted by Gasteiger charge is 2.14. The monoisotopic (exact) mass is 319 g/mol. The molecule has 0 aromatic heterocycles. The Bertz CT molecular complexity index is 486. The van der Waals surface area contributed by atoms with Crippen molar-refractivity contribution in [1.82, 2.24) is 10.6 Å². The standard InChI is InChI=1S/C12H15Cl2N3O3/c1-15-3-2-4-16-12(20)17-10-8(13)5-7(11(18)19)6-9(10)14/h5-6,15H,2-4H2,1H3,(H,18,19)(H2,16,17,20). The van der Waals surface area contributed by atoms with E-state index in [1.807, 2.05) is 7.05 Å². The van der Waals surface area contributed by atoms with Crippen LogP contribution in [-0.2, 0) is 0 Å². The number of hydrogen-bond donors (Lipinski definition) is 4. The molecule has 20 heavy (non-hydrogen) atoms. The first-order chi connectivity index (χ1) is 9.45. The Labute approximate surface area is 126 Å². The summed E-state index contributed by atoms with van der Waals surface area (Å²) in [5.74, 6) is -1.14. The van der Waals surface area contributed by atoms with Crippen molar-refractivity contribution in [3.05, 3.63) is 27.7 Å². The predicted octanol–water partition coefficient (Wildman–Crippen LogP) is 2.42. The average molecular weight is 320 g/mol. The fourth-order valence-corrected chi connectivity index (χ4v) is 2.02. The second kappa shape index (κ2) is 7.94. The maximum Gasteiger partial charge on any atom is 0.335 e. The molecule has 8 heteroatoms. The van der Waals surface area contributed by atoms with Crippen LogP contribution in [0.15, 0.2) is 12.1 Å². The maximum atomic E-state index is 11.6. The molecular formula is C12H15Cl2N3O3. The third-order valence-corrected chi connectivity index (χ3v) is 3.01. The fraction of sp³-hybridized carbons (Fsp3) is 0.333. The third kappa shape index (κ3) is 4.88. The van der Waals surface area contributed by atoms with E-state index in [9.17, 15) is 9.59 Å². The molecule has 0 radical (unpaired) electrons. The van der Waals surface area contributed by atoms with E-state index in [4.69, 9.17) is 28.3 Å². The molecule has 0 saturated carbocycles. The number of carbonyl (C=O) groups is 2. The van der Waals surface area contributed by atoms with Gasteiger partial charge in [-0.1, -0.05) is 23.2 Å². The summed E-state index contributed by atoms with van der Waals surface area (Å²) in [6.07, 6.45) is 0.781. The van der Waals surface area contributed by atoms with Gasteiger partial charge in [0.15, 0.2) is 0 Å². The minimum absolute atomic E-state index is 0.0417. The van der Waals surface area contributed by atoms with Gasteiger partial charge in [0.25, 0.3) is 0 Å². The van der Waals surface area contributed by atoms with Crippen LogP contribution in [0.25, 0.3) is 0 Å². The molecule has 110 valence electrons. The highest BCUT2D eigenvalue weighted by molar-refractivity contribution is 6.40. The molecule has 0 fully saturated rings. The lowest BCUT2D eigenvalue weighted by Gasteiger charge is -2.11. The van der Waals surface area contributed by atoms with Gasteiger partial charge in [-0.25, -0.2) is 9.59 Å². The zero-order valence-electron chi connectivity index (χ0n) is 10.8. The zero-order valence-corrected chi connectivity index (χ0v) is 12.3. The molecule has 0 aliphatic heterocycles. The second-order valence-electron chi connectivity index (χ2n) is 3.96. The number of urea groups is 1. The lowest BCUT2D eigenvalue weighted by atomic mass is 10.2. The summed E-state index contributed by atoms with van der Waals surface area (Å²) >= 11 is 11.8. The molecule has 2 amide bonds. The molecule has 6 nitrogen and oxygen atoms in total. The van der Waals surface area contributed by atoms with Crippen LogP contribution in [-0.4, -0.2) is 37.2 Å². The Morgan fingerprint density at radius 2 is 1.80 bits per heavy atom. The number of carbonyl (C=O) groups excluding carboxylic acids is 1. The van der Waals surface area contributed by atoms with Crippen molar-refractivity contribution in [2.45, 2.75) is 6.42 Å². The Morgan fingerprint density at radius 3 is 2.30 bits per heavy atom. The summed E-state index contributed by atoms with van der Waals surface area (Å²) in [5, 5.41) is 17.1. The number of hydrogen-bond acceptors (Lipinski definition) is 3. The number of benzene rings is 1. The largest absolute Gasteiger partial charge is 0.478 e. The van der Waals surface area contributed by atoms with Gasteiger partial charge in [-0.05, 0) is 32.1 Å². The SMILES string of the molecule is CNCCCNC(=O)Nc1c(Cl)cc(C(=O)O)cc1Cl. The first-order valence-corrected chi connectivity index (χ1v) is 6.63. The van der Waals surface area contributed by atoms with Gasteiger partial charge < -0.3 is 21.1 Å². The zero-order chi connectivity index (χ0) is 15.1. The van der Waals surface area contributed by atoms with Gasteiger partial charge in [0.1, 0.15) is 0 Å². The molecule has 0 aliphatic rings. The highest BCUT2D eigenvalue weighted by atomic mass is 35.5. The maximum absolute atomic E-state index is 11.6. The molecule has 0 spiro atoms. The molecule has 1 rings (SSSR count). The lowest BCUT2D eigenvalue weighted by Crippen LogP contribution is -2.31. The number of nitrogens with one attached hydrogen (secondary N) is 3. The first kappa shape index (κ1) is 16.6. The number of aromatic carboxylic acids is 1. The number of halogens is 2. The van der Waals surface area contributed by atoms with E-state index in [-0.39, 0.29) is 21.3 Å². The number of anilines is 1. The van der Waals surface area contributed by atoms with Crippen LogP contribution in [0.3, 0.4) is 0 Å². The van der Waals surface area contributed by atoms with E-state index in [0.29, 0.717) is 6.54 Å². The van der Waals surface area contributed by atoms with Gasteiger partial charge in [0.05, 0.1) is 21.3 Å². The molecule has 1 aromatic rings. The minimum Gasteiger partial charge on any atom is -0.478 e. The number of amides is 2. The average Bonchev–Trinajstić information content (AvgIpc) is 2.38. The van der Waals surface area contributed by atoms with Crippen molar-refractivity contribution in [3.8, 4) is 0 Å². The van der Waals surface area contributed by atoms with E-state index < -0.39 is 12.0 Å². The summed E-state index contributed by atoms with van der Waals surface area (Å²) in [6.45, 7) is 1.28. The first-order valence-electron chi connectivity index (χ1n) is 5.87. The molecule has 0 bridgehead atoms. The van der Waals surface area contributed by atoms with Crippen molar-refractivity contribution in [2.24, 2.45) is 0 Å². The van der Waals surface area contributed by atoms with Crippen LogP contribution >= 0.6 is 23.2 Å². The van der Waals surface area contributed by atoms with Crippen LogP contribution in [0, 0.1) is 0 Å². The van der Waals surface area contributed by atoms with Crippen LogP contribution in [0.2, 0.25) is 10.0 Å². The Balaban J connectivity index is 2.68. The van der Waals surface area contributed by atoms with Gasteiger partial charge in [-0.15, -0.1) is 0 Å². The molecule has 0 atom stereocenters. The van der Waals surface area contributed by atoms with E-state index in [2.05, 4.69) is 16.0 Å². The topological polar surface area (TPSA) is 90.5 Å². The van der Waals surface area contributed by atoms with Gasteiger partial charge in [-0.2, -0.15) is 0 Å². The van der Waals surface area contributed by atoms with E-state index in [0.717, 1.165) is 13.0 Å². The Hall–Kier alpha value is -1.50. The van der Waals surface area contributed by atoms with Crippen molar-refractivity contribution < 1.29 is 14.7 Å². The molecular weight excluding hydrogens is 305 g/mol. The molecule has 0 heterocycles.